The van der Waals surface area contributed by atoms with E-state index in [2.05, 4.69) is 0 Å². The molecule has 0 aliphatic rings. The molecule has 0 spiro atoms. The zero-order valence-corrected chi connectivity index (χ0v) is 20.6. The van der Waals surface area contributed by atoms with Crippen molar-refractivity contribution >= 4 is 17.4 Å². The lowest BCUT2D eigenvalue weighted by atomic mass is 10.2. The van der Waals surface area contributed by atoms with Crippen molar-refractivity contribution in [1.82, 2.24) is 9.13 Å². The van der Waals surface area contributed by atoms with Crippen molar-refractivity contribution in [3.05, 3.63) is 117 Å². The summed E-state index contributed by atoms with van der Waals surface area (Å²) >= 11 is 0. The Hall–Kier alpha value is -3.71. The van der Waals surface area contributed by atoms with Gasteiger partial charge in [0, 0.05) is 24.3 Å². The Morgan fingerprint density at radius 2 is 1.06 bits per heavy atom. The molecule has 0 radical (unpaired) electrons. The Morgan fingerprint density at radius 3 is 1.38 bits per heavy atom. The van der Waals surface area contributed by atoms with Crippen LogP contribution in [0.5, 0.6) is 0 Å². The van der Waals surface area contributed by atoms with Crippen LogP contribution in [0.4, 0.5) is 16.2 Å². The van der Waals surface area contributed by atoms with Crippen LogP contribution in [-0.2, 0) is 13.1 Å². The topological polar surface area (TPSA) is 121 Å². The number of rotatable bonds is 6. The smallest absolute Gasteiger partial charge is 0.513 e. The minimum Gasteiger partial charge on any atom is -1.00 e. The van der Waals surface area contributed by atoms with Gasteiger partial charge in [-0.15, -0.1) is 9.13 Å². The second-order valence-corrected chi connectivity index (χ2v) is 7.12. The predicted octanol–water partition coefficient (Wildman–Crippen LogP) is -3.70. The van der Waals surface area contributed by atoms with Crippen molar-refractivity contribution in [1.29, 1.82) is 0 Å². The van der Waals surface area contributed by atoms with Gasteiger partial charge in [-0.05, 0) is 35.4 Å². The Bertz CT molecular complexity index is 1200. The van der Waals surface area contributed by atoms with E-state index in [0.717, 1.165) is 11.1 Å². The second-order valence-electron chi connectivity index (χ2n) is 7.12. The number of hydrogen-bond donors (Lipinski definition) is 0. The van der Waals surface area contributed by atoms with E-state index in [1.54, 1.807) is 70.8 Å². The van der Waals surface area contributed by atoms with Crippen molar-refractivity contribution in [3.8, 4) is 0 Å². The number of nitrogens with zero attached hydrogens (tertiary/aromatic N) is 6. The minimum absolute atomic E-state index is 0. The first-order valence-electron chi connectivity index (χ1n) is 9.54. The molecule has 0 bridgehead atoms. The lowest BCUT2D eigenvalue weighted by Gasteiger charge is -1.97. The molecule has 2 aromatic carbocycles. The molecule has 0 saturated carbocycles. The third-order valence-corrected chi connectivity index (χ3v) is 4.85. The Balaban J connectivity index is 0.00000204. The van der Waals surface area contributed by atoms with Crippen molar-refractivity contribution in [3.63, 3.8) is 0 Å². The molecule has 0 amide bonds. The molecular formula is C21H18Br2N6O5. The molecule has 176 valence electrons. The van der Waals surface area contributed by atoms with Crippen LogP contribution in [0.1, 0.15) is 11.1 Å². The highest BCUT2D eigenvalue weighted by atomic mass is 79.9. The summed E-state index contributed by atoms with van der Waals surface area (Å²) in [6.07, 6.45) is 10.0. The fourth-order valence-corrected chi connectivity index (χ4v) is 3.20. The summed E-state index contributed by atoms with van der Waals surface area (Å²) in [5.74, 6) is 0. The largest absolute Gasteiger partial charge is 1.00 e. The maximum atomic E-state index is 12.8. The zero-order chi connectivity index (χ0) is 22.7. The number of non-ortho nitro benzene ring substituents is 2. The van der Waals surface area contributed by atoms with Gasteiger partial charge in [0.1, 0.15) is 37.9 Å². The summed E-state index contributed by atoms with van der Waals surface area (Å²) in [5.41, 5.74) is 1.79. The average Bonchev–Trinajstić information content (AvgIpc) is 3.44. The maximum absolute atomic E-state index is 12.8. The second kappa shape index (κ2) is 11.4. The van der Waals surface area contributed by atoms with Crippen LogP contribution < -0.4 is 43.1 Å². The molecule has 2 aromatic heterocycles. The monoisotopic (exact) mass is 592 g/mol. The van der Waals surface area contributed by atoms with Crippen molar-refractivity contribution in [2.45, 2.75) is 13.1 Å². The summed E-state index contributed by atoms with van der Waals surface area (Å²) in [4.78, 5) is 33.4. The van der Waals surface area contributed by atoms with Gasteiger partial charge in [0.2, 0.25) is 0 Å². The molecular weight excluding hydrogens is 576 g/mol. The third kappa shape index (κ3) is 6.20. The van der Waals surface area contributed by atoms with E-state index in [9.17, 15) is 25.0 Å². The van der Waals surface area contributed by atoms with Gasteiger partial charge in [0.15, 0.2) is 0 Å². The zero-order valence-electron chi connectivity index (χ0n) is 17.5. The van der Waals surface area contributed by atoms with E-state index >= 15 is 0 Å². The van der Waals surface area contributed by atoms with Crippen LogP contribution in [-0.4, -0.2) is 25.0 Å². The molecule has 0 unspecified atom stereocenters. The number of imidazole rings is 2. The van der Waals surface area contributed by atoms with Gasteiger partial charge in [-0.3, -0.25) is 20.2 Å². The lowest BCUT2D eigenvalue weighted by molar-refractivity contribution is -0.687. The number of nitro benzene ring substituents is 2. The molecule has 0 fully saturated rings. The van der Waals surface area contributed by atoms with Crippen molar-refractivity contribution in [2.24, 2.45) is 0 Å². The van der Waals surface area contributed by atoms with E-state index in [0.29, 0.717) is 13.1 Å². The predicted molar refractivity (Wildman–Crippen MR) is 110 cm³/mol. The molecule has 0 aliphatic heterocycles. The van der Waals surface area contributed by atoms with Gasteiger partial charge >= 0.3 is 6.03 Å². The first-order chi connectivity index (χ1) is 15.4. The van der Waals surface area contributed by atoms with E-state index in [1.807, 2.05) is 0 Å². The number of benzene rings is 2. The Kier molecular flexibility index (Phi) is 8.92. The lowest BCUT2D eigenvalue weighted by Crippen LogP contribution is -3.00. The van der Waals surface area contributed by atoms with Gasteiger partial charge in [0.25, 0.3) is 24.0 Å². The highest BCUT2D eigenvalue weighted by molar-refractivity contribution is 5.78. The first-order valence-corrected chi connectivity index (χ1v) is 9.54. The molecule has 11 nitrogen and oxygen atoms in total. The van der Waals surface area contributed by atoms with Crippen LogP contribution in [0.2, 0.25) is 0 Å². The Labute approximate surface area is 214 Å². The van der Waals surface area contributed by atoms with E-state index in [-0.39, 0.29) is 51.4 Å². The standard InChI is InChI=1S/C21H18N6O5.2BrH/c28-21(24-11-9-22(15-24)13-17-1-5-19(6-2-17)26(29)30)25-12-10-23(16-25)14-18-3-7-20(8-4-18)27(31)32;;/h1-12,15-16H,13-14H2;2*1H/q+2;;/p-2. The average molecular weight is 594 g/mol. The summed E-state index contributed by atoms with van der Waals surface area (Å²) in [5, 5.41) is 21.5. The van der Waals surface area contributed by atoms with Crippen molar-refractivity contribution in [2.75, 3.05) is 0 Å². The summed E-state index contributed by atoms with van der Waals surface area (Å²) < 4.78 is 6.46. The third-order valence-electron chi connectivity index (χ3n) is 4.85. The van der Waals surface area contributed by atoms with E-state index < -0.39 is 9.85 Å². The molecule has 0 N–H and O–H groups in total. The van der Waals surface area contributed by atoms with Gasteiger partial charge in [-0.1, -0.05) is 0 Å². The maximum Gasteiger partial charge on any atom is 0.513 e. The quantitative estimate of drug-likeness (QED) is 0.129. The minimum atomic E-state index is -0.447. The Morgan fingerprint density at radius 1 is 0.706 bits per heavy atom. The first kappa shape index (κ1) is 26.5. The van der Waals surface area contributed by atoms with Crippen LogP contribution in [0.25, 0.3) is 0 Å². The van der Waals surface area contributed by atoms with Gasteiger partial charge in [0.05, 0.1) is 9.85 Å². The molecule has 2 heterocycles. The fraction of sp³-hybridized carbons (Fsp3) is 0.0952. The highest BCUT2D eigenvalue weighted by Crippen LogP contribution is 2.12. The van der Waals surface area contributed by atoms with E-state index in [4.69, 9.17) is 0 Å². The summed E-state index contributed by atoms with van der Waals surface area (Å²) in [6.45, 7) is 0.925. The molecule has 34 heavy (non-hydrogen) atoms. The van der Waals surface area contributed by atoms with Crippen LogP contribution >= 0.6 is 0 Å². The number of halogens is 2. The van der Waals surface area contributed by atoms with Crippen molar-refractivity contribution < 1.29 is 57.7 Å². The van der Waals surface area contributed by atoms with Crippen LogP contribution in [0.3, 0.4) is 0 Å². The SMILES string of the molecule is O=C(n1cc[n+](Cc2ccc([N+](=O)[O-])cc2)c1)n1cc[n+](Cc2ccc([N+](=O)[O-])cc2)c1.[Br-].[Br-]. The fourth-order valence-electron chi connectivity index (χ4n) is 3.20. The number of carbonyl (C=O) groups excluding carboxylic acids is 1. The molecule has 0 saturated heterocycles. The van der Waals surface area contributed by atoms with Crippen LogP contribution in [0.15, 0.2) is 86.0 Å². The summed E-state index contributed by atoms with van der Waals surface area (Å²) in [7, 11) is 0. The number of hydrogen-bond acceptors (Lipinski definition) is 5. The van der Waals surface area contributed by atoms with Gasteiger partial charge in [-0.25, -0.2) is 9.13 Å². The van der Waals surface area contributed by atoms with Gasteiger partial charge < -0.3 is 34.0 Å². The van der Waals surface area contributed by atoms with E-state index in [1.165, 1.54) is 33.4 Å². The molecule has 0 aliphatic carbocycles. The molecule has 4 rings (SSSR count). The normalized spacial score (nSPS) is 10.1. The number of aromatic nitrogens is 4. The molecule has 4 aromatic rings. The molecule has 0 atom stereocenters. The molecule has 13 heteroatoms. The number of nitro groups is 2. The van der Waals surface area contributed by atoms with Gasteiger partial charge in [-0.2, -0.15) is 4.79 Å². The summed E-state index contributed by atoms with van der Waals surface area (Å²) in [6, 6.07) is 12.2. The van der Waals surface area contributed by atoms with Crippen LogP contribution in [0, 0.1) is 20.2 Å². The highest BCUT2D eigenvalue weighted by Gasteiger charge is 2.21. The number of carbonyl (C=O) groups is 1.